The molecule has 1 aromatic heterocycles. The minimum Gasteiger partial charge on any atom is -0.481 e. The molecule has 0 unspecified atom stereocenters. The zero-order valence-corrected chi connectivity index (χ0v) is 12.8. The summed E-state index contributed by atoms with van der Waals surface area (Å²) in [6.07, 6.45) is 0.359. The first-order valence-electron chi connectivity index (χ1n) is 7.16. The molecular weight excluding hydrogens is 300 g/mol. The number of rotatable bonds is 8. The average molecular weight is 318 g/mol. The molecule has 0 spiro atoms. The maximum Gasteiger partial charge on any atom is 0.303 e. The van der Waals surface area contributed by atoms with Crippen molar-refractivity contribution >= 4 is 11.9 Å². The van der Waals surface area contributed by atoms with Crippen molar-refractivity contribution < 1.29 is 24.0 Å². The van der Waals surface area contributed by atoms with Crippen molar-refractivity contribution in [2.75, 3.05) is 13.7 Å². The van der Waals surface area contributed by atoms with E-state index in [2.05, 4.69) is 5.16 Å². The van der Waals surface area contributed by atoms with Crippen molar-refractivity contribution in [1.29, 1.82) is 0 Å². The van der Waals surface area contributed by atoms with E-state index in [-0.39, 0.29) is 24.0 Å². The molecule has 2 rings (SSSR count). The van der Waals surface area contributed by atoms with Gasteiger partial charge in [-0.2, -0.15) is 0 Å². The highest BCUT2D eigenvalue weighted by Crippen LogP contribution is 2.15. The molecule has 0 saturated heterocycles. The van der Waals surface area contributed by atoms with E-state index in [4.69, 9.17) is 14.4 Å². The number of aromatic nitrogens is 1. The number of hydrogen-bond donors (Lipinski definition) is 1. The number of benzene rings is 1. The molecule has 0 bridgehead atoms. The third kappa shape index (κ3) is 4.84. The van der Waals surface area contributed by atoms with Gasteiger partial charge in [0.25, 0.3) is 11.8 Å². The van der Waals surface area contributed by atoms with E-state index in [0.717, 1.165) is 5.56 Å². The largest absolute Gasteiger partial charge is 0.481 e. The predicted octanol–water partition coefficient (Wildman–Crippen LogP) is 2.19. The van der Waals surface area contributed by atoms with E-state index in [1.165, 1.54) is 18.1 Å². The van der Waals surface area contributed by atoms with Gasteiger partial charge in [-0.25, -0.2) is 0 Å². The Kier molecular flexibility index (Phi) is 5.74. The molecule has 0 radical (unpaired) electrons. The number of aliphatic carboxylic acids is 1. The summed E-state index contributed by atoms with van der Waals surface area (Å²) in [7, 11) is 1.43. The van der Waals surface area contributed by atoms with Gasteiger partial charge in [0.1, 0.15) is 0 Å². The molecule has 1 N–H and O–H groups in total. The topological polar surface area (TPSA) is 92.9 Å². The first-order chi connectivity index (χ1) is 11.1. The zero-order chi connectivity index (χ0) is 16.7. The lowest BCUT2D eigenvalue weighted by molar-refractivity contribution is -0.137. The van der Waals surface area contributed by atoms with Gasteiger partial charge in [0.2, 0.25) is 5.76 Å². The van der Waals surface area contributed by atoms with Crippen molar-refractivity contribution in [3.05, 3.63) is 47.7 Å². The van der Waals surface area contributed by atoms with Gasteiger partial charge in [0.15, 0.2) is 0 Å². The molecule has 0 aliphatic carbocycles. The van der Waals surface area contributed by atoms with Crippen molar-refractivity contribution in [3.63, 3.8) is 0 Å². The quantitative estimate of drug-likeness (QED) is 0.802. The van der Waals surface area contributed by atoms with Crippen LogP contribution >= 0.6 is 0 Å². The van der Waals surface area contributed by atoms with Crippen molar-refractivity contribution in [1.82, 2.24) is 10.1 Å². The molecule has 2 aromatic rings. The number of carboxylic acids is 1. The molecule has 0 saturated carbocycles. The second-order valence-corrected chi connectivity index (χ2v) is 4.94. The lowest BCUT2D eigenvalue weighted by atomic mass is 10.2. The fourth-order valence-electron chi connectivity index (χ4n) is 2.09. The van der Waals surface area contributed by atoms with Gasteiger partial charge in [-0.15, -0.1) is 0 Å². The SMILES string of the molecule is COc1cc(C(=O)N(CCCC(=O)O)Cc2ccccc2)on1. The fourth-order valence-corrected chi connectivity index (χ4v) is 2.09. The number of hydrogen-bond acceptors (Lipinski definition) is 5. The van der Waals surface area contributed by atoms with Gasteiger partial charge in [-0.1, -0.05) is 30.3 Å². The lowest BCUT2D eigenvalue weighted by Gasteiger charge is -2.21. The Labute approximate surface area is 133 Å². The normalized spacial score (nSPS) is 10.3. The number of amides is 1. The van der Waals surface area contributed by atoms with Gasteiger partial charge in [0, 0.05) is 19.5 Å². The molecule has 1 aromatic carbocycles. The monoisotopic (exact) mass is 318 g/mol. The Balaban J connectivity index is 2.10. The third-order valence-corrected chi connectivity index (χ3v) is 3.23. The summed E-state index contributed by atoms with van der Waals surface area (Å²) in [5, 5.41) is 12.4. The number of carboxylic acid groups (broad SMARTS) is 1. The van der Waals surface area contributed by atoms with E-state index in [1.54, 1.807) is 0 Å². The van der Waals surface area contributed by atoms with Crippen LogP contribution in [-0.4, -0.2) is 40.7 Å². The molecule has 1 amide bonds. The van der Waals surface area contributed by atoms with Gasteiger partial charge in [-0.3, -0.25) is 9.59 Å². The van der Waals surface area contributed by atoms with Crippen LogP contribution in [0.4, 0.5) is 0 Å². The van der Waals surface area contributed by atoms with Gasteiger partial charge in [0.05, 0.1) is 13.2 Å². The van der Waals surface area contributed by atoms with Crippen LogP contribution in [0.25, 0.3) is 0 Å². The summed E-state index contributed by atoms with van der Waals surface area (Å²) in [5.74, 6) is -0.958. The van der Waals surface area contributed by atoms with Crippen molar-refractivity contribution in [2.24, 2.45) is 0 Å². The highest BCUT2D eigenvalue weighted by molar-refractivity contribution is 5.91. The molecule has 0 fully saturated rings. The van der Waals surface area contributed by atoms with Crippen LogP contribution in [0, 0.1) is 0 Å². The number of methoxy groups -OCH3 is 1. The summed E-state index contributed by atoms with van der Waals surface area (Å²) < 4.78 is 9.88. The van der Waals surface area contributed by atoms with Gasteiger partial charge < -0.3 is 19.3 Å². The molecular formula is C16H18N2O5. The van der Waals surface area contributed by atoms with Crippen LogP contribution in [0.1, 0.15) is 29.0 Å². The first kappa shape index (κ1) is 16.5. The molecule has 0 atom stereocenters. The molecule has 7 nitrogen and oxygen atoms in total. The van der Waals surface area contributed by atoms with Crippen molar-refractivity contribution in [3.8, 4) is 5.88 Å². The second-order valence-electron chi connectivity index (χ2n) is 4.94. The van der Waals surface area contributed by atoms with Crippen LogP contribution in [0.3, 0.4) is 0 Å². The number of carbonyl (C=O) groups is 2. The van der Waals surface area contributed by atoms with E-state index >= 15 is 0 Å². The Morgan fingerprint density at radius 3 is 2.65 bits per heavy atom. The van der Waals surface area contributed by atoms with Gasteiger partial charge in [-0.05, 0) is 17.1 Å². The number of carbonyl (C=O) groups excluding carboxylic acids is 1. The molecule has 23 heavy (non-hydrogen) atoms. The molecule has 122 valence electrons. The summed E-state index contributed by atoms with van der Waals surface area (Å²) in [6.45, 7) is 0.672. The molecule has 7 heteroatoms. The van der Waals surface area contributed by atoms with E-state index in [0.29, 0.717) is 19.5 Å². The zero-order valence-electron chi connectivity index (χ0n) is 12.8. The van der Waals surface area contributed by atoms with Crippen LogP contribution in [-0.2, 0) is 11.3 Å². The van der Waals surface area contributed by atoms with Crippen LogP contribution < -0.4 is 4.74 Å². The second kappa shape index (κ2) is 7.98. The highest BCUT2D eigenvalue weighted by Gasteiger charge is 2.21. The minimum absolute atomic E-state index is 0.00169. The molecule has 1 heterocycles. The minimum atomic E-state index is -0.890. The Morgan fingerprint density at radius 2 is 2.04 bits per heavy atom. The van der Waals surface area contributed by atoms with Crippen molar-refractivity contribution in [2.45, 2.75) is 19.4 Å². The van der Waals surface area contributed by atoms with Crippen LogP contribution in [0.15, 0.2) is 40.9 Å². The lowest BCUT2D eigenvalue weighted by Crippen LogP contribution is -2.31. The predicted molar refractivity (Wildman–Crippen MR) is 81.1 cm³/mol. The Morgan fingerprint density at radius 1 is 1.30 bits per heavy atom. The first-order valence-corrected chi connectivity index (χ1v) is 7.16. The third-order valence-electron chi connectivity index (χ3n) is 3.23. The Bertz CT molecular complexity index is 654. The standard InChI is InChI=1S/C16H18N2O5/c1-22-14-10-13(23-17-14)16(21)18(9-5-8-15(19)20)11-12-6-3-2-4-7-12/h2-4,6-7,10H,5,8-9,11H2,1H3,(H,19,20). The van der Waals surface area contributed by atoms with E-state index in [1.807, 2.05) is 30.3 Å². The average Bonchev–Trinajstić information content (AvgIpc) is 3.03. The number of nitrogens with zero attached hydrogens (tertiary/aromatic N) is 2. The molecule has 0 aliphatic rings. The van der Waals surface area contributed by atoms with Crippen LogP contribution in [0.2, 0.25) is 0 Å². The maximum atomic E-state index is 12.5. The Hall–Kier alpha value is -2.83. The van der Waals surface area contributed by atoms with E-state index in [9.17, 15) is 9.59 Å². The van der Waals surface area contributed by atoms with E-state index < -0.39 is 5.97 Å². The fraction of sp³-hybridized carbons (Fsp3) is 0.312. The van der Waals surface area contributed by atoms with Crippen LogP contribution in [0.5, 0.6) is 5.88 Å². The molecule has 0 aliphatic heterocycles. The smallest absolute Gasteiger partial charge is 0.303 e. The summed E-state index contributed by atoms with van der Waals surface area (Å²) in [6, 6.07) is 10.9. The summed E-state index contributed by atoms with van der Waals surface area (Å²) in [4.78, 5) is 24.8. The summed E-state index contributed by atoms with van der Waals surface area (Å²) >= 11 is 0. The summed E-state index contributed by atoms with van der Waals surface area (Å²) in [5.41, 5.74) is 0.947. The highest BCUT2D eigenvalue weighted by atomic mass is 16.5. The van der Waals surface area contributed by atoms with Gasteiger partial charge >= 0.3 is 5.97 Å². The number of ether oxygens (including phenoxy) is 1. The maximum absolute atomic E-state index is 12.5.